The molecule has 0 spiro atoms. The summed E-state index contributed by atoms with van der Waals surface area (Å²) in [6.45, 7) is 5.24. The monoisotopic (exact) mass is 290 g/mol. The summed E-state index contributed by atoms with van der Waals surface area (Å²) in [7, 11) is 1.84. The van der Waals surface area contributed by atoms with Gasteiger partial charge in [0.2, 0.25) is 5.91 Å². The highest BCUT2D eigenvalue weighted by Crippen LogP contribution is 2.25. The second-order valence-electron chi connectivity index (χ2n) is 6.20. The Balaban J connectivity index is 1.78. The predicted molar refractivity (Wildman–Crippen MR) is 84.4 cm³/mol. The number of rotatable bonds is 5. The van der Waals surface area contributed by atoms with Gasteiger partial charge in [0.1, 0.15) is 12.4 Å². The lowest BCUT2D eigenvalue weighted by atomic mass is 10.1. The smallest absolute Gasteiger partial charge is 0.225 e. The first-order valence-corrected chi connectivity index (χ1v) is 7.67. The predicted octanol–water partition coefficient (Wildman–Crippen LogP) is 2.27. The number of hydrogen-bond acceptors (Lipinski definition) is 3. The minimum Gasteiger partial charge on any atom is -0.492 e. The standard InChI is InChI=1S/C17H26N2O2/c1-12-8-13(2)10-16(9-12)21-7-6-19(3)17(20)14-4-5-15(18)11-14/h8-10,14-15H,4-7,11,18H2,1-3H3/t14-,15+/m1/s1. The average Bonchev–Trinajstić information content (AvgIpc) is 2.83. The van der Waals surface area contributed by atoms with Crippen LogP contribution in [-0.4, -0.2) is 37.0 Å². The highest BCUT2D eigenvalue weighted by molar-refractivity contribution is 5.78. The van der Waals surface area contributed by atoms with Crippen LogP contribution in [0.5, 0.6) is 5.75 Å². The molecule has 21 heavy (non-hydrogen) atoms. The van der Waals surface area contributed by atoms with Crippen molar-refractivity contribution in [1.82, 2.24) is 4.90 Å². The summed E-state index contributed by atoms with van der Waals surface area (Å²) in [6, 6.07) is 6.35. The highest BCUT2D eigenvalue weighted by atomic mass is 16.5. The van der Waals surface area contributed by atoms with Gasteiger partial charge in [-0.05, 0) is 56.4 Å². The normalized spacial score (nSPS) is 21.3. The zero-order chi connectivity index (χ0) is 15.4. The molecular formula is C17H26N2O2. The molecule has 2 N–H and O–H groups in total. The Kier molecular flexibility index (Phi) is 5.23. The molecule has 116 valence electrons. The van der Waals surface area contributed by atoms with E-state index in [0.717, 1.165) is 25.0 Å². The van der Waals surface area contributed by atoms with Crippen molar-refractivity contribution in [2.24, 2.45) is 11.7 Å². The molecule has 1 aromatic rings. The van der Waals surface area contributed by atoms with Crippen LogP contribution in [0.4, 0.5) is 0 Å². The van der Waals surface area contributed by atoms with Gasteiger partial charge < -0.3 is 15.4 Å². The Hall–Kier alpha value is -1.55. The van der Waals surface area contributed by atoms with Gasteiger partial charge in [0.05, 0.1) is 6.54 Å². The first kappa shape index (κ1) is 15.8. The molecule has 0 aliphatic heterocycles. The van der Waals surface area contributed by atoms with Crippen LogP contribution >= 0.6 is 0 Å². The lowest BCUT2D eigenvalue weighted by molar-refractivity contribution is -0.134. The zero-order valence-electron chi connectivity index (χ0n) is 13.3. The third-order valence-corrected chi connectivity index (χ3v) is 4.09. The van der Waals surface area contributed by atoms with Crippen LogP contribution in [-0.2, 0) is 4.79 Å². The van der Waals surface area contributed by atoms with E-state index >= 15 is 0 Å². The van der Waals surface area contributed by atoms with Gasteiger partial charge in [-0.2, -0.15) is 0 Å². The molecule has 1 aliphatic carbocycles. The third kappa shape index (κ3) is 4.46. The maximum absolute atomic E-state index is 12.3. The number of carbonyl (C=O) groups is 1. The number of nitrogens with two attached hydrogens (primary N) is 1. The lowest BCUT2D eigenvalue weighted by Gasteiger charge is -2.21. The minimum atomic E-state index is 0.103. The van der Waals surface area contributed by atoms with Crippen LogP contribution in [0.25, 0.3) is 0 Å². The van der Waals surface area contributed by atoms with Crippen molar-refractivity contribution in [1.29, 1.82) is 0 Å². The molecule has 1 aromatic carbocycles. The largest absolute Gasteiger partial charge is 0.492 e. The van der Waals surface area contributed by atoms with Gasteiger partial charge in [-0.15, -0.1) is 0 Å². The van der Waals surface area contributed by atoms with E-state index in [1.165, 1.54) is 11.1 Å². The first-order valence-electron chi connectivity index (χ1n) is 7.67. The van der Waals surface area contributed by atoms with Crippen molar-refractivity contribution >= 4 is 5.91 Å². The van der Waals surface area contributed by atoms with Crippen LogP contribution in [0.1, 0.15) is 30.4 Å². The van der Waals surface area contributed by atoms with Crippen LogP contribution < -0.4 is 10.5 Å². The summed E-state index contributed by atoms with van der Waals surface area (Å²) < 4.78 is 5.75. The van der Waals surface area contributed by atoms with Gasteiger partial charge in [0.25, 0.3) is 0 Å². The molecule has 2 atom stereocenters. The molecule has 0 radical (unpaired) electrons. The molecular weight excluding hydrogens is 264 g/mol. The fourth-order valence-electron chi connectivity index (χ4n) is 2.98. The van der Waals surface area contributed by atoms with Crippen molar-refractivity contribution in [3.8, 4) is 5.75 Å². The second-order valence-corrected chi connectivity index (χ2v) is 6.20. The fraction of sp³-hybridized carbons (Fsp3) is 0.588. The van der Waals surface area contributed by atoms with Crippen molar-refractivity contribution in [2.45, 2.75) is 39.2 Å². The van der Waals surface area contributed by atoms with Crippen molar-refractivity contribution < 1.29 is 9.53 Å². The summed E-state index contributed by atoms with van der Waals surface area (Å²) in [5.74, 6) is 1.18. The van der Waals surface area contributed by atoms with Gasteiger partial charge in [0.15, 0.2) is 0 Å². The average molecular weight is 290 g/mol. The minimum absolute atomic E-state index is 0.103. The quantitative estimate of drug-likeness (QED) is 0.905. The van der Waals surface area contributed by atoms with E-state index in [0.29, 0.717) is 13.2 Å². The number of aryl methyl sites for hydroxylation is 2. The van der Waals surface area contributed by atoms with Crippen LogP contribution in [0.3, 0.4) is 0 Å². The molecule has 2 rings (SSSR count). The van der Waals surface area contributed by atoms with E-state index in [-0.39, 0.29) is 17.9 Å². The number of benzene rings is 1. The number of nitrogens with zero attached hydrogens (tertiary/aromatic N) is 1. The molecule has 0 bridgehead atoms. The SMILES string of the molecule is Cc1cc(C)cc(OCCN(C)C(=O)[C@@H]2CC[C@H](N)C2)c1. The summed E-state index contributed by atoms with van der Waals surface area (Å²) >= 11 is 0. The van der Waals surface area contributed by atoms with E-state index in [1.54, 1.807) is 4.90 Å². The highest BCUT2D eigenvalue weighted by Gasteiger charge is 2.29. The first-order chi connectivity index (χ1) is 9.95. The Morgan fingerprint density at radius 1 is 1.29 bits per heavy atom. The molecule has 0 saturated heterocycles. The van der Waals surface area contributed by atoms with Gasteiger partial charge in [0, 0.05) is 19.0 Å². The molecule has 4 heteroatoms. The summed E-state index contributed by atoms with van der Waals surface area (Å²) in [6.07, 6.45) is 2.70. The molecule has 1 amide bonds. The van der Waals surface area contributed by atoms with Crippen molar-refractivity contribution in [3.63, 3.8) is 0 Å². The van der Waals surface area contributed by atoms with E-state index in [2.05, 4.69) is 19.9 Å². The molecule has 0 heterocycles. The van der Waals surface area contributed by atoms with Crippen LogP contribution in [0, 0.1) is 19.8 Å². The van der Waals surface area contributed by atoms with Gasteiger partial charge in [-0.25, -0.2) is 0 Å². The Morgan fingerprint density at radius 3 is 2.52 bits per heavy atom. The van der Waals surface area contributed by atoms with Gasteiger partial charge in [-0.3, -0.25) is 4.79 Å². The maximum Gasteiger partial charge on any atom is 0.225 e. The summed E-state index contributed by atoms with van der Waals surface area (Å²) in [4.78, 5) is 14.0. The van der Waals surface area contributed by atoms with Crippen molar-refractivity contribution in [3.05, 3.63) is 29.3 Å². The maximum atomic E-state index is 12.3. The Morgan fingerprint density at radius 2 is 1.95 bits per heavy atom. The lowest BCUT2D eigenvalue weighted by Crippen LogP contribution is -2.35. The zero-order valence-corrected chi connectivity index (χ0v) is 13.3. The van der Waals surface area contributed by atoms with E-state index in [1.807, 2.05) is 19.2 Å². The summed E-state index contributed by atoms with van der Waals surface area (Å²) in [5, 5.41) is 0. The van der Waals surface area contributed by atoms with Crippen LogP contribution in [0.2, 0.25) is 0 Å². The van der Waals surface area contributed by atoms with E-state index < -0.39 is 0 Å². The molecule has 4 nitrogen and oxygen atoms in total. The fourth-order valence-corrected chi connectivity index (χ4v) is 2.98. The Bertz CT molecular complexity index is 481. The number of amides is 1. The van der Waals surface area contributed by atoms with Crippen molar-refractivity contribution in [2.75, 3.05) is 20.2 Å². The van der Waals surface area contributed by atoms with Gasteiger partial charge >= 0.3 is 0 Å². The van der Waals surface area contributed by atoms with E-state index in [9.17, 15) is 4.79 Å². The Labute approximate surface area is 127 Å². The third-order valence-electron chi connectivity index (χ3n) is 4.09. The molecule has 0 aromatic heterocycles. The molecule has 0 unspecified atom stereocenters. The number of carbonyl (C=O) groups excluding carboxylic acids is 1. The molecule has 1 aliphatic rings. The molecule has 1 saturated carbocycles. The topological polar surface area (TPSA) is 55.6 Å². The number of hydrogen-bond donors (Lipinski definition) is 1. The summed E-state index contributed by atoms with van der Waals surface area (Å²) in [5.41, 5.74) is 8.25. The van der Waals surface area contributed by atoms with Crippen LogP contribution in [0.15, 0.2) is 18.2 Å². The number of likely N-dealkylation sites (N-methyl/N-ethyl adjacent to an activating group) is 1. The van der Waals surface area contributed by atoms with E-state index in [4.69, 9.17) is 10.5 Å². The second kappa shape index (κ2) is 6.94. The molecule has 1 fully saturated rings. The number of ether oxygens (including phenoxy) is 1. The van der Waals surface area contributed by atoms with Gasteiger partial charge in [-0.1, -0.05) is 6.07 Å².